The number of rotatable bonds is 7. The predicted molar refractivity (Wildman–Crippen MR) is 108 cm³/mol. The Hall–Kier alpha value is -2.01. The molecule has 0 aliphatic heterocycles. The van der Waals surface area contributed by atoms with Crippen molar-refractivity contribution in [2.45, 2.75) is 64.4 Å². The second-order valence-electron chi connectivity index (χ2n) is 8.00. The monoisotopic (exact) mass is 406 g/mol. The first-order chi connectivity index (χ1) is 13.9. The van der Waals surface area contributed by atoms with Gasteiger partial charge in [0.1, 0.15) is 5.82 Å². The molecule has 0 saturated heterocycles. The fraction of sp³-hybridized carbons (Fsp3) is 0.500. The van der Waals surface area contributed by atoms with Gasteiger partial charge in [-0.1, -0.05) is 18.2 Å². The molecule has 0 bridgehead atoms. The predicted octanol–water partition coefficient (Wildman–Crippen LogP) is 6.46. The van der Waals surface area contributed by atoms with E-state index in [9.17, 15) is 18.3 Å². The summed E-state index contributed by atoms with van der Waals surface area (Å²) in [5.74, 6) is -1.55. The number of hydrogen-bond donors (Lipinski definition) is 1. The molecule has 1 N–H and O–H groups in total. The summed E-state index contributed by atoms with van der Waals surface area (Å²) < 4.78 is 47.8. The fourth-order valence-corrected chi connectivity index (χ4v) is 4.33. The maximum Gasteiger partial charge on any atom is 0.200 e. The normalized spacial score (nSPS) is 20.5. The van der Waals surface area contributed by atoms with Crippen LogP contribution in [0, 0.1) is 23.4 Å². The number of hydrogen-bond acceptors (Lipinski definition) is 2. The Morgan fingerprint density at radius 3 is 2.38 bits per heavy atom. The molecule has 158 valence electrons. The van der Waals surface area contributed by atoms with Crippen molar-refractivity contribution < 1.29 is 23.0 Å². The molecule has 0 aromatic heterocycles. The lowest BCUT2D eigenvalue weighted by molar-refractivity contribution is 0.194. The van der Waals surface area contributed by atoms with Crippen LogP contribution < -0.4 is 4.74 Å². The highest BCUT2D eigenvalue weighted by molar-refractivity contribution is 5.33. The van der Waals surface area contributed by atoms with Crippen LogP contribution >= 0.6 is 0 Å². The number of aliphatic hydroxyl groups excluding tert-OH is 1. The van der Waals surface area contributed by atoms with Crippen LogP contribution in [0.5, 0.6) is 5.75 Å². The molecule has 0 heterocycles. The van der Waals surface area contributed by atoms with Gasteiger partial charge in [0, 0.05) is 5.56 Å². The van der Waals surface area contributed by atoms with Crippen LogP contribution in [0.25, 0.3) is 0 Å². The molecule has 0 spiro atoms. The SMILES string of the molecule is CCOc1ccc(C2CCC(CCc3ccc(C(C)O)c(F)c3)CC2)c(F)c1F. The summed E-state index contributed by atoms with van der Waals surface area (Å²) in [5, 5.41) is 9.53. The standard InChI is InChI=1S/C24H29F3O2/c1-3-29-22-13-12-20(23(26)24(22)27)18-9-6-16(7-10-18)4-5-17-8-11-19(15(2)28)21(25)14-17/h8,11-16,18,28H,3-7,9-10H2,1-2H3. The van der Waals surface area contributed by atoms with Crippen molar-refractivity contribution >= 4 is 0 Å². The van der Waals surface area contributed by atoms with Gasteiger partial charge in [0.2, 0.25) is 5.82 Å². The Balaban J connectivity index is 1.55. The number of aliphatic hydroxyl groups is 1. The molecule has 1 saturated carbocycles. The zero-order valence-electron chi connectivity index (χ0n) is 17.1. The smallest absolute Gasteiger partial charge is 0.200 e. The number of aryl methyl sites for hydroxylation is 1. The zero-order chi connectivity index (χ0) is 21.0. The minimum absolute atomic E-state index is 0.0270. The van der Waals surface area contributed by atoms with Crippen molar-refractivity contribution in [1.29, 1.82) is 0 Å². The Morgan fingerprint density at radius 1 is 1.03 bits per heavy atom. The maximum absolute atomic E-state index is 14.5. The van der Waals surface area contributed by atoms with Gasteiger partial charge in [-0.15, -0.1) is 0 Å². The first kappa shape index (κ1) is 21.7. The summed E-state index contributed by atoms with van der Waals surface area (Å²) >= 11 is 0. The number of halogens is 3. The third-order valence-electron chi connectivity index (χ3n) is 6.02. The van der Waals surface area contributed by atoms with Crippen molar-refractivity contribution in [3.8, 4) is 5.75 Å². The first-order valence-electron chi connectivity index (χ1n) is 10.5. The highest BCUT2D eigenvalue weighted by atomic mass is 19.2. The molecule has 3 rings (SSSR count). The van der Waals surface area contributed by atoms with Crippen LogP contribution in [0.4, 0.5) is 13.2 Å². The molecule has 2 nitrogen and oxygen atoms in total. The van der Waals surface area contributed by atoms with Crippen LogP contribution in [0.3, 0.4) is 0 Å². The van der Waals surface area contributed by atoms with Crippen LogP contribution in [0.2, 0.25) is 0 Å². The van der Waals surface area contributed by atoms with E-state index in [0.29, 0.717) is 23.7 Å². The second kappa shape index (κ2) is 9.66. The first-order valence-corrected chi connectivity index (χ1v) is 10.5. The molecule has 1 fully saturated rings. The van der Waals surface area contributed by atoms with Crippen LogP contribution in [-0.4, -0.2) is 11.7 Å². The third kappa shape index (κ3) is 5.13. The molecule has 0 amide bonds. The average molecular weight is 406 g/mol. The lowest BCUT2D eigenvalue weighted by Crippen LogP contribution is -2.15. The third-order valence-corrected chi connectivity index (χ3v) is 6.02. The zero-order valence-corrected chi connectivity index (χ0v) is 17.1. The van der Waals surface area contributed by atoms with E-state index in [4.69, 9.17) is 4.74 Å². The van der Waals surface area contributed by atoms with E-state index in [2.05, 4.69) is 0 Å². The van der Waals surface area contributed by atoms with E-state index >= 15 is 0 Å². The maximum atomic E-state index is 14.5. The van der Waals surface area contributed by atoms with Gasteiger partial charge in [-0.2, -0.15) is 4.39 Å². The molecule has 0 radical (unpaired) electrons. The van der Waals surface area contributed by atoms with Crippen LogP contribution in [-0.2, 0) is 6.42 Å². The van der Waals surface area contributed by atoms with Gasteiger partial charge in [0.05, 0.1) is 12.7 Å². The van der Waals surface area contributed by atoms with Gasteiger partial charge in [0.25, 0.3) is 0 Å². The Bertz CT molecular complexity index is 827. The van der Waals surface area contributed by atoms with Gasteiger partial charge < -0.3 is 9.84 Å². The Morgan fingerprint density at radius 2 is 1.76 bits per heavy atom. The van der Waals surface area contributed by atoms with E-state index in [0.717, 1.165) is 44.1 Å². The molecule has 2 aromatic carbocycles. The molecule has 29 heavy (non-hydrogen) atoms. The fourth-order valence-electron chi connectivity index (χ4n) is 4.33. The summed E-state index contributed by atoms with van der Waals surface area (Å²) in [4.78, 5) is 0. The highest BCUT2D eigenvalue weighted by Crippen LogP contribution is 2.40. The van der Waals surface area contributed by atoms with E-state index in [-0.39, 0.29) is 17.5 Å². The van der Waals surface area contributed by atoms with E-state index < -0.39 is 17.7 Å². The molecule has 5 heteroatoms. The molecule has 1 aliphatic carbocycles. The Kier molecular flexibility index (Phi) is 7.23. The summed E-state index contributed by atoms with van der Waals surface area (Å²) in [6, 6.07) is 8.20. The van der Waals surface area contributed by atoms with Crippen molar-refractivity contribution in [2.75, 3.05) is 6.61 Å². The topological polar surface area (TPSA) is 29.5 Å². The lowest BCUT2D eigenvalue weighted by atomic mass is 9.76. The van der Waals surface area contributed by atoms with Gasteiger partial charge in [-0.25, -0.2) is 8.78 Å². The summed E-state index contributed by atoms with van der Waals surface area (Å²) in [6.45, 7) is 3.59. The molecular formula is C24H29F3O2. The minimum Gasteiger partial charge on any atom is -0.491 e. The van der Waals surface area contributed by atoms with Crippen molar-refractivity contribution in [3.63, 3.8) is 0 Å². The Labute approximate surface area is 170 Å². The van der Waals surface area contributed by atoms with Gasteiger partial charge in [-0.05, 0) is 87.5 Å². The number of benzene rings is 2. The van der Waals surface area contributed by atoms with Gasteiger partial charge in [0.15, 0.2) is 11.6 Å². The van der Waals surface area contributed by atoms with Crippen molar-refractivity contribution in [1.82, 2.24) is 0 Å². The molecule has 1 atom stereocenters. The average Bonchev–Trinajstić information content (AvgIpc) is 2.70. The van der Waals surface area contributed by atoms with Crippen LogP contribution in [0.15, 0.2) is 30.3 Å². The summed E-state index contributed by atoms with van der Waals surface area (Å²) in [5.41, 5.74) is 1.69. The van der Waals surface area contributed by atoms with Gasteiger partial charge >= 0.3 is 0 Å². The second-order valence-corrected chi connectivity index (χ2v) is 8.00. The summed E-state index contributed by atoms with van der Waals surface area (Å²) in [6.07, 6.45) is 4.46. The summed E-state index contributed by atoms with van der Waals surface area (Å²) in [7, 11) is 0. The number of ether oxygens (including phenoxy) is 1. The lowest BCUT2D eigenvalue weighted by Gasteiger charge is -2.29. The minimum atomic E-state index is -0.894. The molecule has 2 aromatic rings. The molecule has 1 aliphatic rings. The largest absolute Gasteiger partial charge is 0.491 e. The van der Waals surface area contributed by atoms with E-state index in [1.165, 1.54) is 12.1 Å². The van der Waals surface area contributed by atoms with E-state index in [1.54, 1.807) is 26.0 Å². The quantitative estimate of drug-likeness (QED) is 0.572. The highest BCUT2D eigenvalue weighted by Gasteiger charge is 2.26. The molecular weight excluding hydrogens is 377 g/mol. The van der Waals surface area contributed by atoms with Gasteiger partial charge in [-0.3, -0.25) is 0 Å². The molecule has 1 unspecified atom stereocenters. The van der Waals surface area contributed by atoms with Crippen molar-refractivity contribution in [2.24, 2.45) is 5.92 Å². The van der Waals surface area contributed by atoms with E-state index in [1.807, 2.05) is 6.07 Å². The van der Waals surface area contributed by atoms with Crippen LogP contribution in [0.1, 0.15) is 74.7 Å². The van der Waals surface area contributed by atoms with Crippen molar-refractivity contribution in [3.05, 3.63) is 64.5 Å².